The molecule has 0 radical (unpaired) electrons. The van der Waals surface area contributed by atoms with Crippen molar-refractivity contribution in [3.8, 4) is 0 Å². The predicted octanol–water partition coefficient (Wildman–Crippen LogP) is 7.66. The third-order valence-electron chi connectivity index (χ3n) is 5.70. The Morgan fingerprint density at radius 2 is 1.22 bits per heavy atom. The summed E-state index contributed by atoms with van der Waals surface area (Å²) in [6.07, 6.45) is 38.5. The fourth-order valence-electron chi connectivity index (χ4n) is 3.49. The Kier molecular flexibility index (Phi) is 25.8. The SMILES string of the molecule is CC/C=C\C/C=C\C/C=C\C/C=C\C/C=C\CCCCCC(=O)NC(CO)C(O)/C=C/CCCCC. The summed E-state index contributed by atoms with van der Waals surface area (Å²) in [6, 6.07) is -0.638. The monoisotopic (exact) mass is 499 g/mol. The van der Waals surface area contributed by atoms with Gasteiger partial charge in [0.1, 0.15) is 0 Å². The van der Waals surface area contributed by atoms with Crippen molar-refractivity contribution in [3.05, 3.63) is 72.9 Å². The number of hydrogen-bond acceptors (Lipinski definition) is 3. The van der Waals surface area contributed by atoms with E-state index >= 15 is 0 Å². The molecule has 3 N–H and O–H groups in total. The lowest BCUT2D eigenvalue weighted by atomic mass is 10.1. The molecule has 2 atom stereocenters. The average Bonchev–Trinajstić information content (AvgIpc) is 2.88. The first-order valence-corrected chi connectivity index (χ1v) is 14.2. The molecule has 4 nitrogen and oxygen atoms in total. The summed E-state index contributed by atoms with van der Waals surface area (Å²) in [4.78, 5) is 12.1. The lowest BCUT2D eigenvalue weighted by molar-refractivity contribution is -0.123. The Labute approximate surface area is 221 Å². The minimum Gasteiger partial charge on any atom is -0.394 e. The third-order valence-corrected chi connectivity index (χ3v) is 5.70. The zero-order valence-corrected chi connectivity index (χ0v) is 23.0. The van der Waals surface area contributed by atoms with Gasteiger partial charge in [0.15, 0.2) is 0 Å². The number of carbonyl (C=O) groups is 1. The van der Waals surface area contributed by atoms with Gasteiger partial charge in [0.2, 0.25) is 5.91 Å². The molecule has 4 heteroatoms. The van der Waals surface area contributed by atoms with Gasteiger partial charge in [-0.15, -0.1) is 0 Å². The molecule has 0 aliphatic heterocycles. The van der Waals surface area contributed by atoms with E-state index in [0.29, 0.717) is 6.42 Å². The average molecular weight is 500 g/mol. The van der Waals surface area contributed by atoms with Crippen molar-refractivity contribution in [2.45, 2.75) is 116 Å². The molecule has 0 fully saturated rings. The third kappa shape index (κ3) is 23.6. The number of hydrogen-bond donors (Lipinski definition) is 3. The molecule has 0 aromatic heterocycles. The Bertz CT molecular complexity index is 673. The van der Waals surface area contributed by atoms with Gasteiger partial charge in [0.05, 0.1) is 18.8 Å². The van der Waals surface area contributed by atoms with Gasteiger partial charge in [0.25, 0.3) is 0 Å². The van der Waals surface area contributed by atoms with Gasteiger partial charge in [-0.1, -0.05) is 106 Å². The number of unbranched alkanes of at least 4 members (excludes halogenated alkanes) is 6. The number of aliphatic hydroxyl groups excluding tert-OH is 2. The molecule has 0 bridgehead atoms. The summed E-state index contributed by atoms with van der Waals surface area (Å²) in [5.41, 5.74) is 0. The van der Waals surface area contributed by atoms with E-state index in [-0.39, 0.29) is 12.5 Å². The molecular formula is C32H53NO3. The molecule has 0 saturated carbocycles. The second-order valence-electron chi connectivity index (χ2n) is 9.08. The van der Waals surface area contributed by atoms with Crippen molar-refractivity contribution in [2.75, 3.05) is 6.61 Å². The van der Waals surface area contributed by atoms with Crippen LogP contribution < -0.4 is 5.32 Å². The lowest BCUT2D eigenvalue weighted by Gasteiger charge is -2.19. The second kappa shape index (κ2) is 27.4. The van der Waals surface area contributed by atoms with Crippen LogP contribution in [0.4, 0.5) is 0 Å². The van der Waals surface area contributed by atoms with Crippen molar-refractivity contribution in [2.24, 2.45) is 0 Å². The van der Waals surface area contributed by atoms with Gasteiger partial charge < -0.3 is 15.5 Å². The van der Waals surface area contributed by atoms with Crippen LogP contribution in [0.5, 0.6) is 0 Å². The van der Waals surface area contributed by atoms with E-state index in [1.807, 2.05) is 6.08 Å². The molecule has 0 aromatic carbocycles. The number of amides is 1. The van der Waals surface area contributed by atoms with E-state index in [1.54, 1.807) is 6.08 Å². The molecule has 204 valence electrons. The first-order valence-electron chi connectivity index (χ1n) is 14.2. The van der Waals surface area contributed by atoms with Crippen LogP contribution in [-0.2, 0) is 4.79 Å². The maximum Gasteiger partial charge on any atom is 0.220 e. The summed E-state index contributed by atoms with van der Waals surface area (Å²) in [5, 5.41) is 22.4. The highest BCUT2D eigenvalue weighted by molar-refractivity contribution is 5.76. The van der Waals surface area contributed by atoms with Crippen LogP contribution >= 0.6 is 0 Å². The predicted molar refractivity (Wildman–Crippen MR) is 156 cm³/mol. The fourth-order valence-corrected chi connectivity index (χ4v) is 3.49. The molecule has 1 amide bonds. The van der Waals surface area contributed by atoms with Crippen molar-refractivity contribution in [1.82, 2.24) is 5.32 Å². The standard InChI is InChI=1S/C32H53NO3/c1-3-5-7-9-10-11-12-13-14-15-16-17-18-19-20-21-22-24-26-28-32(36)33-30(29-34)31(35)27-25-23-8-6-4-2/h5,7,10-11,13-14,16-17,19-20,25,27,30-31,34-35H,3-4,6,8-9,12,15,18,21-24,26,28-29H2,1-2H3,(H,33,36)/b7-5-,11-10-,14-13-,17-16-,20-19-,27-25+. The highest BCUT2D eigenvalue weighted by Crippen LogP contribution is 2.06. The van der Waals surface area contributed by atoms with E-state index in [1.165, 1.54) is 6.42 Å². The van der Waals surface area contributed by atoms with E-state index in [4.69, 9.17) is 0 Å². The Morgan fingerprint density at radius 3 is 1.78 bits per heavy atom. The lowest BCUT2D eigenvalue weighted by Crippen LogP contribution is -2.45. The topological polar surface area (TPSA) is 69.6 Å². The van der Waals surface area contributed by atoms with Crippen molar-refractivity contribution >= 4 is 5.91 Å². The summed E-state index contributed by atoms with van der Waals surface area (Å²) in [6.45, 7) is 4.04. The zero-order valence-electron chi connectivity index (χ0n) is 23.0. The fraction of sp³-hybridized carbons (Fsp3) is 0.594. The van der Waals surface area contributed by atoms with Crippen LogP contribution in [0.3, 0.4) is 0 Å². The molecule has 36 heavy (non-hydrogen) atoms. The van der Waals surface area contributed by atoms with Crippen LogP contribution in [0.25, 0.3) is 0 Å². The maximum atomic E-state index is 12.1. The quantitative estimate of drug-likeness (QED) is 0.0998. The Hall–Kier alpha value is -2.17. The first-order chi connectivity index (χ1) is 17.7. The van der Waals surface area contributed by atoms with Crippen LogP contribution in [0, 0.1) is 0 Å². The molecule has 0 heterocycles. The zero-order chi connectivity index (χ0) is 26.5. The Morgan fingerprint density at radius 1 is 0.694 bits per heavy atom. The number of allylic oxidation sites excluding steroid dienone is 11. The second-order valence-corrected chi connectivity index (χ2v) is 9.08. The highest BCUT2D eigenvalue weighted by Gasteiger charge is 2.17. The molecule has 0 spiro atoms. The van der Waals surface area contributed by atoms with Crippen LogP contribution in [0.2, 0.25) is 0 Å². The van der Waals surface area contributed by atoms with Gasteiger partial charge in [-0.25, -0.2) is 0 Å². The molecule has 0 rings (SSSR count). The normalized spacial score (nSPS) is 14.4. The van der Waals surface area contributed by atoms with E-state index < -0.39 is 12.1 Å². The highest BCUT2D eigenvalue weighted by atomic mass is 16.3. The molecule has 0 aromatic rings. The summed E-state index contributed by atoms with van der Waals surface area (Å²) in [7, 11) is 0. The van der Waals surface area contributed by atoms with Crippen molar-refractivity contribution in [1.29, 1.82) is 0 Å². The largest absolute Gasteiger partial charge is 0.394 e. The van der Waals surface area contributed by atoms with Gasteiger partial charge in [0, 0.05) is 6.42 Å². The summed E-state index contributed by atoms with van der Waals surface area (Å²) < 4.78 is 0. The molecule has 0 aliphatic carbocycles. The minimum atomic E-state index is -0.851. The van der Waals surface area contributed by atoms with E-state index in [9.17, 15) is 15.0 Å². The van der Waals surface area contributed by atoms with Gasteiger partial charge in [-0.2, -0.15) is 0 Å². The number of rotatable bonds is 23. The molecular weight excluding hydrogens is 446 g/mol. The summed E-state index contributed by atoms with van der Waals surface area (Å²) >= 11 is 0. The van der Waals surface area contributed by atoms with Crippen LogP contribution in [0.1, 0.15) is 104 Å². The van der Waals surface area contributed by atoms with Gasteiger partial charge in [-0.05, 0) is 64.2 Å². The molecule has 0 saturated heterocycles. The first kappa shape index (κ1) is 33.8. The maximum absolute atomic E-state index is 12.1. The number of aliphatic hydroxyl groups is 2. The number of carbonyl (C=O) groups excluding carboxylic acids is 1. The smallest absolute Gasteiger partial charge is 0.220 e. The van der Waals surface area contributed by atoms with Crippen LogP contribution in [-0.4, -0.2) is 34.9 Å². The summed E-state index contributed by atoms with van der Waals surface area (Å²) in [5.74, 6) is -0.109. The van der Waals surface area contributed by atoms with Gasteiger partial charge >= 0.3 is 0 Å². The molecule has 2 unspecified atom stereocenters. The Balaban J connectivity index is 3.77. The van der Waals surface area contributed by atoms with E-state index in [2.05, 4.69) is 79.9 Å². The van der Waals surface area contributed by atoms with E-state index in [0.717, 1.165) is 77.0 Å². The van der Waals surface area contributed by atoms with Crippen molar-refractivity contribution in [3.63, 3.8) is 0 Å². The van der Waals surface area contributed by atoms with Crippen molar-refractivity contribution < 1.29 is 15.0 Å². The molecule has 0 aliphatic rings. The van der Waals surface area contributed by atoms with Gasteiger partial charge in [-0.3, -0.25) is 4.79 Å². The minimum absolute atomic E-state index is 0.109. The van der Waals surface area contributed by atoms with Crippen LogP contribution in [0.15, 0.2) is 72.9 Å². The number of nitrogens with one attached hydrogen (secondary N) is 1.